The van der Waals surface area contributed by atoms with Gasteiger partial charge in [0.25, 0.3) is 5.91 Å². The van der Waals surface area contributed by atoms with Crippen LogP contribution in [0, 0.1) is 27.7 Å². The minimum absolute atomic E-state index is 0.134. The van der Waals surface area contributed by atoms with Gasteiger partial charge in [-0.2, -0.15) is 0 Å². The van der Waals surface area contributed by atoms with Gasteiger partial charge in [0.15, 0.2) is 5.13 Å². The van der Waals surface area contributed by atoms with Crippen LogP contribution >= 0.6 is 22.7 Å². The van der Waals surface area contributed by atoms with Crippen molar-refractivity contribution >= 4 is 43.9 Å². The predicted molar refractivity (Wildman–Crippen MR) is 88.6 cm³/mol. The van der Waals surface area contributed by atoms with Crippen LogP contribution in [0.15, 0.2) is 12.1 Å². The highest BCUT2D eigenvalue weighted by molar-refractivity contribution is 7.22. The van der Waals surface area contributed by atoms with E-state index in [4.69, 9.17) is 0 Å². The summed E-state index contributed by atoms with van der Waals surface area (Å²) < 4.78 is 1.09. The van der Waals surface area contributed by atoms with Crippen molar-refractivity contribution in [3.8, 4) is 0 Å². The number of carbonyl (C=O) groups excluding carboxylic acids is 1. The molecule has 108 valence electrons. The third-order valence-corrected chi connectivity index (χ3v) is 5.34. The van der Waals surface area contributed by atoms with Crippen molar-refractivity contribution < 1.29 is 4.79 Å². The second-order valence-corrected chi connectivity index (χ2v) is 7.26. The highest BCUT2D eigenvalue weighted by Gasteiger charge is 2.16. The molecule has 0 aliphatic rings. The second-order valence-electron chi connectivity index (χ2n) is 5.02. The molecule has 1 aromatic carbocycles. The zero-order chi connectivity index (χ0) is 15.1. The minimum Gasteiger partial charge on any atom is -0.297 e. The van der Waals surface area contributed by atoms with E-state index in [1.807, 2.05) is 13.8 Å². The summed E-state index contributed by atoms with van der Waals surface area (Å²) in [6.07, 6.45) is 0. The van der Waals surface area contributed by atoms with Crippen molar-refractivity contribution in [3.05, 3.63) is 38.8 Å². The summed E-state index contributed by atoms with van der Waals surface area (Å²) in [6.45, 7) is 7.90. The molecule has 3 aromatic rings. The van der Waals surface area contributed by atoms with Crippen LogP contribution in [0.3, 0.4) is 0 Å². The van der Waals surface area contributed by atoms with Gasteiger partial charge in [-0.25, -0.2) is 9.97 Å². The van der Waals surface area contributed by atoms with E-state index >= 15 is 0 Å². The number of hydrogen-bond donors (Lipinski definition) is 1. The topological polar surface area (TPSA) is 54.9 Å². The van der Waals surface area contributed by atoms with Crippen molar-refractivity contribution in [1.29, 1.82) is 0 Å². The average Bonchev–Trinajstić information content (AvgIpc) is 2.92. The lowest BCUT2D eigenvalue weighted by Crippen LogP contribution is -2.11. The molecule has 0 atom stereocenters. The molecule has 0 aliphatic carbocycles. The van der Waals surface area contributed by atoms with Crippen LogP contribution in [0.1, 0.15) is 31.5 Å². The third kappa shape index (κ3) is 2.69. The molecular weight excluding hydrogens is 302 g/mol. The highest BCUT2D eigenvalue weighted by atomic mass is 32.1. The number of amides is 1. The Labute approximate surface area is 130 Å². The SMILES string of the molecule is Cc1nc(C)c(C(=O)Nc2nc3cc(C)c(C)cc3s2)s1. The van der Waals surface area contributed by atoms with E-state index in [-0.39, 0.29) is 5.91 Å². The summed E-state index contributed by atoms with van der Waals surface area (Å²) in [5.41, 5.74) is 4.14. The Hall–Kier alpha value is -1.79. The number of nitrogens with one attached hydrogen (secondary N) is 1. The van der Waals surface area contributed by atoms with Crippen LogP contribution in [0.2, 0.25) is 0 Å². The molecule has 21 heavy (non-hydrogen) atoms. The van der Waals surface area contributed by atoms with Gasteiger partial charge in [-0.1, -0.05) is 11.3 Å². The fourth-order valence-corrected chi connectivity index (χ4v) is 3.89. The van der Waals surface area contributed by atoms with E-state index in [2.05, 4.69) is 41.3 Å². The van der Waals surface area contributed by atoms with Crippen LogP contribution in [-0.2, 0) is 0 Å². The standard InChI is InChI=1S/C15H15N3OS2/c1-7-5-11-12(6-8(7)2)21-15(17-11)18-14(19)13-9(3)16-10(4)20-13/h5-6H,1-4H3,(H,17,18,19). The van der Waals surface area contributed by atoms with Crippen molar-refractivity contribution in [2.24, 2.45) is 0 Å². The average molecular weight is 317 g/mol. The second kappa shape index (κ2) is 5.20. The van der Waals surface area contributed by atoms with Gasteiger partial charge in [0.2, 0.25) is 0 Å². The number of aromatic nitrogens is 2. The Morgan fingerprint density at radius 3 is 2.43 bits per heavy atom. The van der Waals surface area contributed by atoms with Crippen molar-refractivity contribution in [3.63, 3.8) is 0 Å². The number of benzene rings is 1. The number of carbonyl (C=O) groups is 1. The maximum atomic E-state index is 12.3. The summed E-state index contributed by atoms with van der Waals surface area (Å²) in [4.78, 5) is 21.7. The maximum absolute atomic E-state index is 12.3. The van der Waals surface area contributed by atoms with Crippen LogP contribution in [0.25, 0.3) is 10.2 Å². The molecule has 3 rings (SSSR count). The molecule has 2 aromatic heterocycles. The molecular formula is C15H15N3OS2. The lowest BCUT2D eigenvalue weighted by molar-refractivity contribution is 0.103. The van der Waals surface area contributed by atoms with E-state index in [9.17, 15) is 4.79 Å². The summed E-state index contributed by atoms with van der Waals surface area (Å²) in [6, 6.07) is 4.17. The Kier molecular flexibility index (Phi) is 3.51. The number of aryl methyl sites for hydroxylation is 4. The summed E-state index contributed by atoms with van der Waals surface area (Å²) in [7, 11) is 0. The first-order valence-electron chi connectivity index (χ1n) is 6.57. The normalized spacial score (nSPS) is 11.0. The van der Waals surface area contributed by atoms with E-state index < -0.39 is 0 Å². The Bertz CT molecular complexity index is 809. The first kappa shape index (κ1) is 14.2. The van der Waals surface area contributed by atoms with Crippen molar-refractivity contribution in [1.82, 2.24) is 9.97 Å². The number of fused-ring (bicyclic) bond motifs is 1. The summed E-state index contributed by atoms with van der Waals surface area (Å²) in [5, 5.41) is 4.41. The predicted octanol–water partition coefficient (Wildman–Crippen LogP) is 4.24. The minimum atomic E-state index is -0.134. The van der Waals surface area contributed by atoms with Crippen LogP contribution in [0.5, 0.6) is 0 Å². The monoisotopic (exact) mass is 317 g/mol. The number of nitrogens with zero attached hydrogens (tertiary/aromatic N) is 2. The van der Waals surface area contributed by atoms with Crippen molar-refractivity contribution in [2.75, 3.05) is 5.32 Å². The van der Waals surface area contributed by atoms with Gasteiger partial charge in [-0.05, 0) is 51.0 Å². The zero-order valence-electron chi connectivity index (χ0n) is 12.3. The van der Waals surface area contributed by atoms with Gasteiger partial charge in [-0.15, -0.1) is 11.3 Å². The highest BCUT2D eigenvalue weighted by Crippen LogP contribution is 2.29. The van der Waals surface area contributed by atoms with Crippen LogP contribution < -0.4 is 5.32 Å². The van der Waals surface area contributed by atoms with Crippen LogP contribution in [0.4, 0.5) is 5.13 Å². The number of anilines is 1. The van der Waals surface area contributed by atoms with Gasteiger partial charge in [0.05, 0.1) is 20.9 Å². The Balaban J connectivity index is 1.91. The Morgan fingerprint density at radius 2 is 1.76 bits per heavy atom. The van der Waals surface area contributed by atoms with Gasteiger partial charge < -0.3 is 0 Å². The largest absolute Gasteiger partial charge is 0.297 e. The van der Waals surface area contributed by atoms with Crippen LogP contribution in [-0.4, -0.2) is 15.9 Å². The molecule has 0 fully saturated rings. The number of thiazole rings is 2. The molecule has 4 nitrogen and oxygen atoms in total. The third-order valence-electron chi connectivity index (χ3n) is 3.33. The molecule has 0 saturated heterocycles. The molecule has 0 saturated carbocycles. The fraction of sp³-hybridized carbons (Fsp3) is 0.267. The lowest BCUT2D eigenvalue weighted by atomic mass is 10.1. The van der Waals surface area contributed by atoms with Gasteiger partial charge in [0, 0.05) is 0 Å². The summed E-state index contributed by atoms with van der Waals surface area (Å²) in [5.74, 6) is -0.134. The fourth-order valence-electron chi connectivity index (χ4n) is 2.13. The maximum Gasteiger partial charge on any atom is 0.269 e. The molecule has 2 heterocycles. The van der Waals surface area contributed by atoms with E-state index in [1.54, 1.807) is 0 Å². The lowest BCUT2D eigenvalue weighted by Gasteiger charge is -1.98. The first-order chi connectivity index (χ1) is 9.94. The van der Waals surface area contributed by atoms with Gasteiger partial charge >= 0.3 is 0 Å². The van der Waals surface area contributed by atoms with E-state index in [0.717, 1.165) is 20.9 Å². The van der Waals surface area contributed by atoms with Gasteiger partial charge in [-0.3, -0.25) is 10.1 Å². The quantitative estimate of drug-likeness (QED) is 0.769. The molecule has 0 bridgehead atoms. The van der Waals surface area contributed by atoms with E-state index in [0.29, 0.717) is 10.0 Å². The first-order valence-corrected chi connectivity index (χ1v) is 8.20. The number of rotatable bonds is 2. The molecule has 1 amide bonds. The van der Waals surface area contributed by atoms with Gasteiger partial charge in [0.1, 0.15) is 4.88 Å². The molecule has 1 N–H and O–H groups in total. The molecule has 0 spiro atoms. The Morgan fingerprint density at radius 1 is 1.05 bits per heavy atom. The van der Waals surface area contributed by atoms with E-state index in [1.165, 1.54) is 33.8 Å². The van der Waals surface area contributed by atoms with Crippen molar-refractivity contribution in [2.45, 2.75) is 27.7 Å². The molecule has 6 heteroatoms. The molecule has 0 unspecified atom stereocenters. The molecule has 0 aliphatic heterocycles. The smallest absolute Gasteiger partial charge is 0.269 e. The summed E-state index contributed by atoms with van der Waals surface area (Å²) >= 11 is 2.90. The number of hydrogen-bond acceptors (Lipinski definition) is 5. The zero-order valence-corrected chi connectivity index (χ0v) is 13.9. The molecule has 0 radical (unpaired) electrons.